The van der Waals surface area contributed by atoms with E-state index in [4.69, 9.17) is 15.4 Å². The van der Waals surface area contributed by atoms with Gasteiger partial charge < -0.3 is 4.74 Å². The van der Waals surface area contributed by atoms with Gasteiger partial charge in [0.1, 0.15) is 0 Å². The number of halogens is 1. The van der Waals surface area contributed by atoms with Crippen LogP contribution in [0.2, 0.25) is 0 Å². The molecule has 0 aliphatic carbocycles. The molecule has 0 amide bonds. The van der Waals surface area contributed by atoms with Crippen molar-refractivity contribution in [1.82, 2.24) is 0 Å². The fourth-order valence-corrected chi connectivity index (χ4v) is 2.54. The van der Waals surface area contributed by atoms with Crippen molar-refractivity contribution in [2.75, 3.05) is 19.0 Å². The van der Waals surface area contributed by atoms with E-state index in [9.17, 15) is 8.42 Å². The van der Waals surface area contributed by atoms with Crippen LogP contribution in [0, 0.1) is 5.92 Å². The molecule has 0 unspecified atom stereocenters. The molecule has 13 heavy (non-hydrogen) atoms. The van der Waals surface area contributed by atoms with E-state index < -0.39 is 9.05 Å². The first kappa shape index (κ1) is 11.0. The van der Waals surface area contributed by atoms with Crippen LogP contribution in [0.15, 0.2) is 12.2 Å². The van der Waals surface area contributed by atoms with Crippen molar-refractivity contribution in [3.63, 3.8) is 0 Å². The average Bonchev–Trinajstić information content (AvgIpc) is 2.03. The van der Waals surface area contributed by atoms with Crippen molar-refractivity contribution in [2.24, 2.45) is 5.92 Å². The highest BCUT2D eigenvalue weighted by Crippen LogP contribution is 2.23. The van der Waals surface area contributed by atoms with Gasteiger partial charge in [-0.2, -0.15) is 0 Å². The van der Waals surface area contributed by atoms with Crippen molar-refractivity contribution in [3.05, 3.63) is 12.2 Å². The maximum absolute atomic E-state index is 10.8. The van der Waals surface area contributed by atoms with Gasteiger partial charge in [0.2, 0.25) is 9.05 Å². The summed E-state index contributed by atoms with van der Waals surface area (Å²) in [5.74, 6) is 0.140. The van der Waals surface area contributed by atoms with Gasteiger partial charge in [-0.1, -0.05) is 12.2 Å². The second-order valence-corrected chi connectivity index (χ2v) is 6.01. The molecule has 1 aliphatic heterocycles. The molecule has 0 radical (unpaired) electrons. The van der Waals surface area contributed by atoms with Gasteiger partial charge in [0, 0.05) is 23.9 Å². The van der Waals surface area contributed by atoms with E-state index in [1.165, 1.54) is 0 Å². The number of rotatable bonds is 3. The molecular formula is C8H13ClO3S. The smallest absolute Gasteiger partial charge is 0.236 e. The second-order valence-electron chi connectivity index (χ2n) is 3.23. The summed E-state index contributed by atoms with van der Waals surface area (Å²) in [6, 6.07) is 0. The number of hydrogen-bond donors (Lipinski definition) is 0. The third kappa shape index (κ3) is 4.11. The van der Waals surface area contributed by atoms with E-state index in [0.29, 0.717) is 18.8 Å². The highest BCUT2D eigenvalue weighted by Gasteiger charge is 2.20. The topological polar surface area (TPSA) is 43.4 Å². The molecule has 1 heterocycles. The van der Waals surface area contributed by atoms with Gasteiger partial charge in [-0.25, -0.2) is 8.42 Å². The SMILES string of the molecule is C=C(CS(=O)(=O)Cl)C1CCOCC1. The molecule has 1 rings (SSSR count). The predicted molar refractivity (Wildman–Crippen MR) is 52.3 cm³/mol. The van der Waals surface area contributed by atoms with Gasteiger partial charge in [-0.05, 0) is 18.8 Å². The highest BCUT2D eigenvalue weighted by molar-refractivity contribution is 8.13. The van der Waals surface area contributed by atoms with Crippen LogP contribution in [0.1, 0.15) is 12.8 Å². The minimum Gasteiger partial charge on any atom is -0.381 e. The summed E-state index contributed by atoms with van der Waals surface area (Å²) >= 11 is 0. The molecule has 0 atom stereocenters. The Morgan fingerprint density at radius 1 is 1.46 bits per heavy atom. The van der Waals surface area contributed by atoms with Crippen LogP contribution in [0.3, 0.4) is 0 Å². The van der Waals surface area contributed by atoms with Gasteiger partial charge in [0.15, 0.2) is 0 Å². The van der Waals surface area contributed by atoms with Gasteiger partial charge in [0.05, 0.1) is 5.75 Å². The lowest BCUT2D eigenvalue weighted by molar-refractivity contribution is 0.0760. The molecule has 3 nitrogen and oxygen atoms in total. The molecule has 0 aromatic carbocycles. The molecule has 76 valence electrons. The molecule has 1 fully saturated rings. The Morgan fingerprint density at radius 3 is 2.46 bits per heavy atom. The maximum atomic E-state index is 10.8. The van der Waals surface area contributed by atoms with E-state index in [0.717, 1.165) is 12.8 Å². The number of ether oxygens (including phenoxy) is 1. The fraction of sp³-hybridized carbons (Fsp3) is 0.750. The molecular weight excluding hydrogens is 212 g/mol. The van der Waals surface area contributed by atoms with Crippen LogP contribution in [0.5, 0.6) is 0 Å². The number of hydrogen-bond acceptors (Lipinski definition) is 3. The monoisotopic (exact) mass is 224 g/mol. The van der Waals surface area contributed by atoms with Crippen molar-refractivity contribution in [2.45, 2.75) is 12.8 Å². The minimum atomic E-state index is -3.44. The van der Waals surface area contributed by atoms with E-state index in [2.05, 4.69) is 6.58 Å². The van der Waals surface area contributed by atoms with Gasteiger partial charge >= 0.3 is 0 Å². The van der Waals surface area contributed by atoms with Crippen molar-refractivity contribution in [1.29, 1.82) is 0 Å². The van der Waals surface area contributed by atoms with Crippen LogP contribution in [-0.4, -0.2) is 27.4 Å². The minimum absolute atomic E-state index is 0.112. The maximum Gasteiger partial charge on any atom is 0.236 e. The molecule has 0 spiro atoms. The van der Waals surface area contributed by atoms with Crippen molar-refractivity contribution < 1.29 is 13.2 Å². The molecule has 1 saturated heterocycles. The zero-order chi connectivity index (χ0) is 9.90. The van der Waals surface area contributed by atoms with Crippen LogP contribution >= 0.6 is 10.7 Å². The summed E-state index contributed by atoms with van der Waals surface area (Å²) in [4.78, 5) is 0. The summed E-state index contributed by atoms with van der Waals surface area (Å²) in [6.07, 6.45) is 1.70. The molecule has 1 aliphatic rings. The lowest BCUT2D eigenvalue weighted by Gasteiger charge is -2.23. The van der Waals surface area contributed by atoms with Crippen LogP contribution in [-0.2, 0) is 13.8 Å². The molecule has 0 aromatic rings. The zero-order valence-electron chi connectivity index (χ0n) is 7.33. The summed E-state index contributed by atoms with van der Waals surface area (Å²) in [5, 5.41) is 0. The van der Waals surface area contributed by atoms with Gasteiger partial charge in [-0.3, -0.25) is 0 Å². The summed E-state index contributed by atoms with van der Waals surface area (Å²) < 4.78 is 26.7. The Balaban J connectivity index is 2.47. The van der Waals surface area contributed by atoms with E-state index >= 15 is 0 Å². The Kier molecular flexibility index (Phi) is 3.76. The third-order valence-corrected chi connectivity index (χ3v) is 3.20. The Labute approximate surface area is 83.1 Å². The average molecular weight is 225 g/mol. The molecule has 0 saturated carbocycles. The summed E-state index contributed by atoms with van der Waals surface area (Å²) in [7, 11) is 1.69. The van der Waals surface area contributed by atoms with Crippen molar-refractivity contribution >= 4 is 19.7 Å². The van der Waals surface area contributed by atoms with Crippen LogP contribution < -0.4 is 0 Å². The Bertz CT molecular complexity index is 278. The van der Waals surface area contributed by atoms with Crippen molar-refractivity contribution in [3.8, 4) is 0 Å². The van der Waals surface area contributed by atoms with E-state index in [-0.39, 0.29) is 11.7 Å². The third-order valence-electron chi connectivity index (χ3n) is 2.16. The van der Waals surface area contributed by atoms with Gasteiger partial charge in [0.25, 0.3) is 0 Å². The second kappa shape index (κ2) is 4.44. The molecule has 0 N–H and O–H groups in total. The quantitative estimate of drug-likeness (QED) is 0.540. The molecule has 5 heteroatoms. The Hall–Kier alpha value is -0.0600. The molecule has 0 bridgehead atoms. The fourth-order valence-electron chi connectivity index (χ4n) is 1.45. The first-order valence-corrected chi connectivity index (χ1v) is 6.64. The van der Waals surface area contributed by atoms with E-state index in [1.807, 2.05) is 0 Å². The molecule has 0 aromatic heterocycles. The van der Waals surface area contributed by atoms with Crippen LogP contribution in [0.25, 0.3) is 0 Å². The highest BCUT2D eigenvalue weighted by atomic mass is 35.7. The first-order chi connectivity index (χ1) is 5.99. The lowest BCUT2D eigenvalue weighted by Crippen LogP contribution is -2.19. The Morgan fingerprint density at radius 2 is 2.00 bits per heavy atom. The summed E-state index contributed by atoms with van der Waals surface area (Å²) in [6.45, 7) is 5.12. The largest absolute Gasteiger partial charge is 0.381 e. The van der Waals surface area contributed by atoms with Crippen LogP contribution in [0.4, 0.5) is 0 Å². The van der Waals surface area contributed by atoms with E-state index in [1.54, 1.807) is 0 Å². The predicted octanol–water partition coefficient (Wildman–Crippen LogP) is 1.54. The normalized spacial score (nSPS) is 20.1. The summed E-state index contributed by atoms with van der Waals surface area (Å²) in [5.41, 5.74) is 0.707. The first-order valence-electron chi connectivity index (χ1n) is 4.17. The zero-order valence-corrected chi connectivity index (χ0v) is 8.90. The standard InChI is InChI=1S/C8H13ClO3S/c1-7(6-13(9,10)11)8-2-4-12-5-3-8/h8H,1-6H2. The lowest BCUT2D eigenvalue weighted by atomic mass is 9.94. The van der Waals surface area contributed by atoms with Gasteiger partial charge in [-0.15, -0.1) is 0 Å².